The maximum Gasteiger partial charge on any atom is 0.232 e. The molecule has 2 amide bonds. The number of aryl methyl sites for hydroxylation is 1. The van der Waals surface area contributed by atoms with E-state index in [1.54, 1.807) is 43.0 Å². The van der Waals surface area contributed by atoms with Crippen LogP contribution in [0.25, 0.3) is 0 Å². The monoisotopic (exact) mass is 315 g/mol. The summed E-state index contributed by atoms with van der Waals surface area (Å²) in [5, 5.41) is 9.63. The highest BCUT2D eigenvalue weighted by Crippen LogP contribution is 2.21. The van der Waals surface area contributed by atoms with Crippen molar-refractivity contribution in [2.45, 2.75) is 19.9 Å². The summed E-state index contributed by atoms with van der Waals surface area (Å²) in [6, 6.07) is 7.06. The number of carbonyl (C=O) groups is 2. The van der Waals surface area contributed by atoms with Gasteiger partial charge in [-0.1, -0.05) is 6.07 Å². The molecule has 1 unspecified atom stereocenters. The van der Waals surface area contributed by atoms with Crippen LogP contribution in [0.4, 0.5) is 11.6 Å². The Morgan fingerprint density at radius 2 is 2.35 bits per heavy atom. The first-order chi connectivity index (χ1) is 11.0. The smallest absolute Gasteiger partial charge is 0.232 e. The molecular weight excluding hydrogens is 298 g/mol. The summed E-state index contributed by atoms with van der Waals surface area (Å²) in [5.41, 5.74) is 0.628. The van der Waals surface area contributed by atoms with E-state index in [9.17, 15) is 9.59 Å². The van der Waals surface area contributed by atoms with Gasteiger partial charge in [-0.2, -0.15) is 10.1 Å². The Morgan fingerprint density at radius 1 is 1.52 bits per heavy atom. The van der Waals surface area contributed by atoms with Gasteiger partial charge >= 0.3 is 0 Å². The summed E-state index contributed by atoms with van der Waals surface area (Å²) in [4.78, 5) is 28.3. The molecule has 0 saturated heterocycles. The van der Waals surface area contributed by atoms with Crippen molar-refractivity contribution in [3.8, 4) is 5.75 Å². The number of nitrogens with one attached hydrogen (secondary N) is 2. The molecule has 3 rings (SSSR count). The Kier molecular flexibility index (Phi) is 3.96. The maximum absolute atomic E-state index is 12.2. The summed E-state index contributed by atoms with van der Waals surface area (Å²) in [7, 11) is 1.56. The van der Waals surface area contributed by atoms with E-state index in [4.69, 9.17) is 4.74 Å². The van der Waals surface area contributed by atoms with Gasteiger partial charge in [0.25, 0.3) is 0 Å². The van der Waals surface area contributed by atoms with Crippen LogP contribution in [-0.4, -0.2) is 33.7 Å². The number of amides is 2. The van der Waals surface area contributed by atoms with Crippen LogP contribution < -0.4 is 15.4 Å². The summed E-state index contributed by atoms with van der Waals surface area (Å²) >= 11 is 0. The van der Waals surface area contributed by atoms with Crippen molar-refractivity contribution < 1.29 is 14.3 Å². The third-order valence-electron chi connectivity index (χ3n) is 3.56. The largest absolute Gasteiger partial charge is 0.497 e. The summed E-state index contributed by atoms with van der Waals surface area (Å²) in [6.07, 6.45) is 0.0708. The lowest BCUT2D eigenvalue weighted by atomic mass is 10.0. The van der Waals surface area contributed by atoms with E-state index in [0.717, 1.165) is 0 Å². The lowest BCUT2D eigenvalue weighted by Crippen LogP contribution is -2.36. The molecule has 8 nitrogen and oxygen atoms in total. The van der Waals surface area contributed by atoms with Crippen molar-refractivity contribution in [2.75, 3.05) is 17.7 Å². The first-order valence-corrected chi connectivity index (χ1v) is 7.21. The molecule has 0 radical (unpaired) electrons. The van der Waals surface area contributed by atoms with Gasteiger partial charge in [0.05, 0.1) is 19.6 Å². The zero-order chi connectivity index (χ0) is 16.4. The van der Waals surface area contributed by atoms with E-state index < -0.39 is 5.92 Å². The molecule has 0 aliphatic carbocycles. The molecule has 1 atom stereocenters. The average Bonchev–Trinajstić information content (AvgIpc) is 2.86. The summed E-state index contributed by atoms with van der Waals surface area (Å²) in [6.45, 7) is 2.09. The molecule has 0 saturated carbocycles. The lowest BCUT2D eigenvalue weighted by molar-refractivity contribution is -0.125. The normalized spacial score (nSPS) is 16.4. The predicted molar refractivity (Wildman–Crippen MR) is 83.1 cm³/mol. The van der Waals surface area contributed by atoms with E-state index in [0.29, 0.717) is 29.8 Å². The number of aromatic nitrogens is 3. The molecule has 23 heavy (non-hydrogen) atoms. The van der Waals surface area contributed by atoms with Gasteiger partial charge in [0.15, 0.2) is 0 Å². The molecule has 1 aliphatic rings. The van der Waals surface area contributed by atoms with Crippen LogP contribution in [0.1, 0.15) is 12.2 Å². The second-order valence-corrected chi connectivity index (χ2v) is 5.34. The molecular formula is C15H17N5O3. The van der Waals surface area contributed by atoms with Gasteiger partial charge < -0.3 is 10.1 Å². The quantitative estimate of drug-likeness (QED) is 0.883. The van der Waals surface area contributed by atoms with Gasteiger partial charge in [-0.25, -0.2) is 4.68 Å². The van der Waals surface area contributed by atoms with Crippen LogP contribution in [0.15, 0.2) is 24.3 Å². The standard InChI is InChI=1S/C15H17N5O3/c1-9-16-15-18-14(22)10(8-20(15)19-9)6-13(21)17-11-4-3-5-12(7-11)23-2/h3-5,7,10H,6,8H2,1-2H3,(H,17,21)(H,16,18,19,22). The fraction of sp³-hybridized carbons (Fsp3) is 0.333. The third-order valence-corrected chi connectivity index (χ3v) is 3.56. The Bertz CT molecular complexity index is 755. The number of anilines is 2. The van der Waals surface area contributed by atoms with Crippen LogP contribution in [0.5, 0.6) is 5.75 Å². The van der Waals surface area contributed by atoms with E-state index in [-0.39, 0.29) is 18.2 Å². The Labute approximate surface area is 132 Å². The Morgan fingerprint density at radius 3 is 3.13 bits per heavy atom. The zero-order valence-electron chi connectivity index (χ0n) is 12.9. The third kappa shape index (κ3) is 3.31. The number of ether oxygens (including phenoxy) is 1. The van der Waals surface area contributed by atoms with E-state index in [1.165, 1.54) is 0 Å². The molecule has 0 fully saturated rings. The number of carbonyl (C=O) groups excluding carboxylic acids is 2. The van der Waals surface area contributed by atoms with Crippen molar-refractivity contribution in [3.63, 3.8) is 0 Å². The van der Waals surface area contributed by atoms with E-state index >= 15 is 0 Å². The van der Waals surface area contributed by atoms with Crippen molar-refractivity contribution >= 4 is 23.5 Å². The number of fused-ring (bicyclic) bond motifs is 1. The fourth-order valence-electron chi connectivity index (χ4n) is 2.47. The van der Waals surface area contributed by atoms with Crippen LogP contribution in [0, 0.1) is 12.8 Å². The molecule has 0 bridgehead atoms. The number of hydrogen-bond acceptors (Lipinski definition) is 5. The minimum absolute atomic E-state index is 0.0708. The van der Waals surface area contributed by atoms with Crippen LogP contribution in [0.3, 0.4) is 0 Å². The topological polar surface area (TPSA) is 98.1 Å². The van der Waals surface area contributed by atoms with Crippen molar-refractivity contribution in [2.24, 2.45) is 5.92 Å². The van der Waals surface area contributed by atoms with Crippen LogP contribution >= 0.6 is 0 Å². The SMILES string of the molecule is COc1cccc(NC(=O)CC2Cn3nc(C)nc3NC2=O)c1. The maximum atomic E-state index is 12.2. The van der Waals surface area contributed by atoms with Gasteiger partial charge in [-0.15, -0.1) is 0 Å². The first kappa shape index (κ1) is 15.0. The molecule has 2 aromatic rings. The van der Waals surface area contributed by atoms with Gasteiger partial charge in [0.2, 0.25) is 17.8 Å². The van der Waals surface area contributed by atoms with Crippen LogP contribution in [-0.2, 0) is 16.1 Å². The van der Waals surface area contributed by atoms with Gasteiger partial charge in [-0.3, -0.25) is 14.9 Å². The molecule has 2 heterocycles. The number of hydrogen-bond donors (Lipinski definition) is 2. The number of rotatable bonds is 4. The molecule has 1 aromatic heterocycles. The Hall–Kier alpha value is -2.90. The van der Waals surface area contributed by atoms with Crippen molar-refractivity contribution in [1.82, 2.24) is 14.8 Å². The molecule has 120 valence electrons. The van der Waals surface area contributed by atoms with E-state index in [2.05, 4.69) is 20.7 Å². The molecule has 2 N–H and O–H groups in total. The lowest BCUT2D eigenvalue weighted by Gasteiger charge is -2.21. The summed E-state index contributed by atoms with van der Waals surface area (Å²) in [5.74, 6) is 0.735. The fourth-order valence-corrected chi connectivity index (χ4v) is 2.47. The number of benzene rings is 1. The van der Waals surface area contributed by atoms with Crippen molar-refractivity contribution in [1.29, 1.82) is 0 Å². The van der Waals surface area contributed by atoms with Crippen LogP contribution in [0.2, 0.25) is 0 Å². The predicted octanol–water partition coefficient (Wildman–Crippen LogP) is 1.19. The first-order valence-electron chi connectivity index (χ1n) is 7.21. The summed E-state index contributed by atoms with van der Waals surface area (Å²) < 4.78 is 6.72. The average molecular weight is 315 g/mol. The van der Waals surface area contributed by atoms with Crippen molar-refractivity contribution in [3.05, 3.63) is 30.1 Å². The Balaban J connectivity index is 1.64. The molecule has 1 aliphatic heterocycles. The minimum Gasteiger partial charge on any atom is -0.497 e. The highest BCUT2D eigenvalue weighted by molar-refractivity contribution is 5.98. The van der Waals surface area contributed by atoms with Gasteiger partial charge in [0.1, 0.15) is 11.6 Å². The van der Waals surface area contributed by atoms with Gasteiger partial charge in [0, 0.05) is 18.2 Å². The highest BCUT2D eigenvalue weighted by atomic mass is 16.5. The van der Waals surface area contributed by atoms with Gasteiger partial charge in [-0.05, 0) is 19.1 Å². The number of methoxy groups -OCH3 is 1. The van der Waals surface area contributed by atoms with E-state index in [1.807, 2.05) is 0 Å². The molecule has 1 aromatic carbocycles. The molecule has 8 heteroatoms. The second kappa shape index (κ2) is 6.07. The highest BCUT2D eigenvalue weighted by Gasteiger charge is 2.29. The second-order valence-electron chi connectivity index (χ2n) is 5.34. The number of nitrogens with zero attached hydrogens (tertiary/aromatic N) is 3. The zero-order valence-corrected chi connectivity index (χ0v) is 12.9. The minimum atomic E-state index is -0.478. The molecule has 0 spiro atoms.